The maximum absolute atomic E-state index is 13.5. The summed E-state index contributed by atoms with van der Waals surface area (Å²) in [6.07, 6.45) is 3.00. The van der Waals surface area contributed by atoms with Crippen LogP contribution in [-0.2, 0) is 23.2 Å². The third kappa shape index (κ3) is 5.79. The average Bonchev–Trinajstić information content (AvgIpc) is 3.55. The predicted octanol–water partition coefficient (Wildman–Crippen LogP) is 3.02. The molecule has 1 saturated carbocycles. The third-order valence-corrected chi connectivity index (χ3v) is 9.06. The van der Waals surface area contributed by atoms with Crippen LogP contribution in [0.4, 0.5) is 30.5 Å². The number of piperidine rings is 1. The van der Waals surface area contributed by atoms with Gasteiger partial charge in [-0.2, -0.15) is 27.5 Å². The number of aliphatic hydroxyl groups is 1. The van der Waals surface area contributed by atoms with E-state index in [0.717, 1.165) is 14.8 Å². The van der Waals surface area contributed by atoms with Crippen LogP contribution in [0.15, 0.2) is 43.0 Å². The minimum atomic E-state index is -4.57. The Morgan fingerprint density at radius 1 is 1.05 bits per heavy atom. The molecule has 0 atom stereocenters. The number of aliphatic hydroxyl groups excluding tert-OH is 1. The lowest BCUT2D eigenvalue weighted by atomic mass is 10.1. The first-order chi connectivity index (χ1) is 20.0. The second-order valence-electron chi connectivity index (χ2n) is 10.2. The number of pyridine rings is 1. The van der Waals surface area contributed by atoms with Gasteiger partial charge in [0.1, 0.15) is 17.3 Å². The molecule has 42 heavy (non-hydrogen) atoms. The number of aromatic nitrogens is 7. The van der Waals surface area contributed by atoms with Crippen molar-refractivity contribution in [2.24, 2.45) is 7.05 Å². The summed E-state index contributed by atoms with van der Waals surface area (Å²) < 4.78 is 67.1. The average molecular weight is 605 g/mol. The number of hydrazine groups is 1. The van der Waals surface area contributed by atoms with Gasteiger partial charge >= 0.3 is 6.18 Å². The van der Waals surface area contributed by atoms with Gasteiger partial charge in [-0.3, -0.25) is 4.68 Å². The van der Waals surface area contributed by atoms with Gasteiger partial charge < -0.3 is 15.8 Å². The normalized spacial score (nSPS) is 17.0. The highest BCUT2D eigenvalue weighted by molar-refractivity contribution is 7.90. The molecule has 1 aliphatic heterocycles. The van der Waals surface area contributed by atoms with Crippen LogP contribution in [0.3, 0.4) is 0 Å². The highest BCUT2D eigenvalue weighted by Crippen LogP contribution is 2.35. The van der Waals surface area contributed by atoms with Crippen molar-refractivity contribution in [3.63, 3.8) is 0 Å². The quantitative estimate of drug-likeness (QED) is 0.272. The van der Waals surface area contributed by atoms with Crippen LogP contribution < -0.4 is 10.7 Å². The van der Waals surface area contributed by atoms with E-state index in [0.29, 0.717) is 67.2 Å². The van der Waals surface area contributed by atoms with Crippen molar-refractivity contribution < 1.29 is 26.7 Å². The smallest absolute Gasteiger partial charge is 0.393 e. The summed E-state index contributed by atoms with van der Waals surface area (Å²) in [5.41, 5.74) is 3.66. The number of anilines is 3. The molecular weight excluding hydrogens is 577 g/mol. The Kier molecular flexibility index (Phi) is 7.10. The van der Waals surface area contributed by atoms with Crippen molar-refractivity contribution in [3.8, 4) is 22.6 Å². The summed E-state index contributed by atoms with van der Waals surface area (Å²) in [6, 6.07) is 4.19. The second-order valence-corrected chi connectivity index (χ2v) is 12.3. The van der Waals surface area contributed by atoms with E-state index in [1.807, 2.05) is 5.01 Å². The fourth-order valence-electron chi connectivity index (χ4n) is 4.61. The molecule has 0 unspecified atom stereocenters. The lowest BCUT2D eigenvalue weighted by Crippen LogP contribution is -2.39. The lowest BCUT2D eigenvalue weighted by molar-refractivity contribution is -0.143. The zero-order valence-corrected chi connectivity index (χ0v) is 23.1. The molecule has 5 heterocycles. The minimum absolute atomic E-state index is 0.0888. The summed E-state index contributed by atoms with van der Waals surface area (Å²) in [7, 11) is -2.31. The van der Waals surface area contributed by atoms with Crippen LogP contribution >= 0.6 is 0 Å². The SMILES string of the molecule is Cn1nc(-c2cnc(Nc3ccnc(-c4cnn(S(=O)(=O)C5CC5)c4)n3)cc2NN2CCC(O)CC2)cc1C(F)(F)F. The maximum atomic E-state index is 13.5. The molecule has 4 aromatic rings. The third-order valence-electron chi connectivity index (χ3n) is 7.03. The van der Waals surface area contributed by atoms with E-state index in [1.165, 1.54) is 31.8 Å². The van der Waals surface area contributed by atoms with Crippen molar-refractivity contribution in [2.75, 3.05) is 23.8 Å². The Morgan fingerprint density at radius 2 is 1.81 bits per heavy atom. The number of halogens is 3. The van der Waals surface area contributed by atoms with Gasteiger partial charge in [0.05, 0.1) is 40.7 Å². The van der Waals surface area contributed by atoms with Crippen LogP contribution in [0.25, 0.3) is 22.6 Å². The molecule has 1 aliphatic carbocycles. The standard InChI is InChI=1S/C25H27F3N10O3S/c1-36-21(25(26,27)28)10-19(34-36)18-13-30-23(11-20(18)35-37-8-5-16(39)6-9-37)32-22-4-7-29-24(33-22)15-12-31-38(14-15)42(40,41)17-2-3-17/h4,7,10-14,16-17,39H,2-3,5-6,8-9H2,1H3,(H2,29,30,32,33,35). The van der Waals surface area contributed by atoms with Crippen molar-refractivity contribution >= 4 is 27.3 Å². The van der Waals surface area contributed by atoms with Crippen LogP contribution in [-0.4, -0.2) is 76.9 Å². The van der Waals surface area contributed by atoms with Gasteiger partial charge in [-0.25, -0.2) is 28.4 Å². The number of hydrogen-bond acceptors (Lipinski definition) is 11. The Bertz CT molecular complexity index is 1710. The van der Waals surface area contributed by atoms with Crippen molar-refractivity contribution in [2.45, 2.75) is 43.2 Å². The second kappa shape index (κ2) is 10.6. The molecule has 2 fully saturated rings. The molecule has 0 aromatic carbocycles. The summed E-state index contributed by atoms with van der Waals surface area (Å²) in [4.78, 5) is 13.1. The number of hydrogen-bond donors (Lipinski definition) is 3. The molecule has 0 bridgehead atoms. The monoisotopic (exact) mass is 604 g/mol. The Balaban J connectivity index is 1.28. The van der Waals surface area contributed by atoms with E-state index in [2.05, 4.69) is 35.9 Å². The molecular formula is C25H27F3N10O3S. The number of rotatable bonds is 8. The highest BCUT2D eigenvalue weighted by Gasteiger charge is 2.38. The van der Waals surface area contributed by atoms with E-state index in [4.69, 9.17) is 0 Å². The molecule has 222 valence electrons. The molecule has 13 nitrogen and oxygen atoms in total. The van der Waals surface area contributed by atoms with Crippen LogP contribution in [0.2, 0.25) is 0 Å². The fourth-order valence-corrected chi connectivity index (χ4v) is 6.09. The largest absolute Gasteiger partial charge is 0.433 e. The van der Waals surface area contributed by atoms with Gasteiger partial charge in [0.15, 0.2) is 5.82 Å². The summed E-state index contributed by atoms with van der Waals surface area (Å²) >= 11 is 0. The Morgan fingerprint density at radius 3 is 2.50 bits per heavy atom. The zero-order chi connectivity index (χ0) is 29.6. The first kappa shape index (κ1) is 28.0. The predicted molar refractivity (Wildman–Crippen MR) is 146 cm³/mol. The lowest BCUT2D eigenvalue weighted by Gasteiger charge is -2.31. The highest BCUT2D eigenvalue weighted by atomic mass is 32.2. The van der Waals surface area contributed by atoms with Gasteiger partial charge in [-0.1, -0.05) is 0 Å². The topological polar surface area (TPSA) is 156 Å². The van der Waals surface area contributed by atoms with E-state index in [1.54, 1.807) is 12.1 Å². The van der Waals surface area contributed by atoms with Gasteiger partial charge in [0, 0.05) is 44.2 Å². The van der Waals surface area contributed by atoms with E-state index in [9.17, 15) is 26.7 Å². The van der Waals surface area contributed by atoms with E-state index < -0.39 is 33.2 Å². The summed E-state index contributed by atoms with van der Waals surface area (Å²) in [5.74, 6) is 0.927. The maximum Gasteiger partial charge on any atom is 0.433 e. The molecule has 1 saturated heterocycles. The molecule has 4 aromatic heterocycles. The Hall–Kier alpha value is -4.09. The van der Waals surface area contributed by atoms with Crippen LogP contribution in [0, 0.1) is 0 Å². The van der Waals surface area contributed by atoms with E-state index >= 15 is 0 Å². The molecule has 2 aliphatic rings. The number of alkyl halides is 3. The summed E-state index contributed by atoms with van der Waals surface area (Å²) in [6.45, 7) is 1.06. The molecule has 0 radical (unpaired) electrons. The number of nitrogens with zero attached hydrogens (tertiary/aromatic N) is 8. The van der Waals surface area contributed by atoms with Crippen molar-refractivity contribution in [1.82, 2.24) is 38.9 Å². The van der Waals surface area contributed by atoms with Crippen LogP contribution in [0.5, 0.6) is 0 Å². The molecule has 3 N–H and O–H groups in total. The fraction of sp³-hybridized carbons (Fsp3) is 0.400. The Labute approximate surface area is 238 Å². The molecule has 17 heteroatoms. The minimum Gasteiger partial charge on any atom is -0.393 e. The molecule has 6 rings (SSSR count). The van der Waals surface area contributed by atoms with Gasteiger partial charge in [0.25, 0.3) is 10.0 Å². The van der Waals surface area contributed by atoms with Gasteiger partial charge in [-0.15, -0.1) is 0 Å². The number of nitrogens with one attached hydrogen (secondary N) is 2. The van der Waals surface area contributed by atoms with Crippen molar-refractivity contribution in [3.05, 3.63) is 48.7 Å². The zero-order valence-electron chi connectivity index (χ0n) is 22.3. The number of aryl methyl sites for hydroxylation is 1. The first-order valence-corrected chi connectivity index (χ1v) is 14.7. The van der Waals surface area contributed by atoms with Gasteiger partial charge in [-0.05, 0) is 37.8 Å². The molecule has 0 spiro atoms. The first-order valence-electron chi connectivity index (χ1n) is 13.2. The van der Waals surface area contributed by atoms with E-state index in [-0.39, 0.29) is 11.5 Å². The van der Waals surface area contributed by atoms with Crippen molar-refractivity contribution in [1.29, 1.82) is 0 Å². The molecule has 0 amide bonds. The van der Waals surface area contributed by atoms with Gasteiger partial charge in [0.2, 0.25) is 0 Å². The van der Waals surface area contributed by atoms with Crippen LogP contribution in [0.1, 0.15) is 31.4 Å². The summed E-state index contributed by atoms with van der Waals surface area (Å²) in [5, 5.41) is 22.5.